The molecule has 140 valence electrons. The first-order valence-corrected chi connectivity index (χ1v) is 9.38. The van der Waals surface area contributed by atoms with Gasteiger partial charge >= 0.3 is 0 Å². The van der Waals surface area contributed by atoms with Gasteiger partial charge in [-0.3, -0.25) is 19.4 Å². The second kappa shape index (κ2) is 9.50. The lowest BCUT2D eigenvalue weighted by Crippen LogP contribution is -2.53. The maximum absolute atomic E-state index is 12.4. The monoisotopic (exact) mass is 356 g/mol. The van der Waals surface area contributed by atoms with E-state index in [4.69, 9.17) is 0 Å². The molecular weight excluding hydrogens is 328 g/mol. The van der Waals surface area contributed by atoms with Crippen LogP contribution in [-0.4, -0.2) is 97.4 Å². The zero-order valence-corrected chi connectivity index (χ0v) is 15.3. The third-order valence-corrected chi connectivity index (χ3v) is 5.11. The van der Waals surface area contributed by atoms with Gasteiger partial charge in [0.2, 0.25) is 12.3 Å². The number of rotatable bonds is 6. The first-order valence-electron chi connectivity index (χ1n) is 9.38. The number of nitrogens with zero attached hydrogens (tertiary/aromatic N) is 4. The summed E-state index contributed by atoms with van der Waals surface area (Å²) >= 11 is 0. The summed E-state index contributed by atoms with van der Waals surface area (Å²) in [5.41, 5.74) is 1.23. The molecule has 2 fully saturated rings. The second-order valence-corrected chi connectivity index (χ2v) is 6.91. The number of carbonyl (C=O) groups excluding carboxylic acids is 2. The smallest absolute Gasteiger partial charge is 0.236 e. The van der Waals surface area contributed by atoms with E-state index in [1.807, 2.05) is 23.1 Å². The lowest BCUT2D eigenvalue weighted by molar-refractivity contribution is -0.136. The molecule has 2 saturated heterocycles. The highest BCUT2D eigenvalue weighted by Gasteiger charge is 2.23. The zero-order chi connectivity index (χ0) is 18.2. The normalized spacial score (nSPS) is 19.8. The molecule has 0 aliphatic carbocycles. The fourth-order valence-electron chi connectivity index (χ4n) is 3.40. The summed E-state index contributed by atoms with van der Waals surface area (Å²) < 4.78 is 0. The van der Waals surface area contributed by atoms with Gasteiger partial charge in [-0.05, 0) is 5.56 Å². The van der Waals surface area contributed by atoms with E-state index in [-0.39, 0.29) is 5.91 Å². The fraction of sp³-hybridized carbons (Fsp3) is 0.500. The summed E-state index contributed by atoms with van der Waals surface area (Å²) in [6, 6.07) is 10.3. The van der Waals surface area contributed by atoms with Crippen LogP contribution in [0.25, 0.3) is 6.08 Å². The minimum atomic E-state index is 0.188. The van der Waals surface area contributed by atoms with Crippen LogP contribution in [0.2, 0.25) is 0 Å². The van der Waals surface area contributed by atoms with Crippen LogP contribution in [0, 0.1) is 0 Å². The highest BCUT2D eigenvalue weighted by molar-refractivity contribution is 5.78. The Morgan fingerprint density at radius 3 is 2.19 bits per heavy atom. The molecule has 0 bridgehead atoms. The van der Waals surface area contributed by atoms with Gasteiger partial charge in [0, 0.05) is 58.9 Å². The number of piperazine rings is 2. The summed E-state index contributed by atoms with van der Waals surface area (Å²) in [7, 11) is 0. The molecule has 0 unspecified atom stereocenters. The van der Waals surface area contributed by atoms with E-state index in [1.54, 1.807) is 4.90 Å². The molecule has 2 aliphatic rings. The van der Waals surface area contributed by atoms with E-state index < -0.39 is 0 Å². The second-order valence-electron chi connectivity index (χ2n) is 6.91. The Morgan fingerprint density at radius 1 is 0.885 bits per heavy atom. The van der Waals surface area contributed by atoms with E-state index in [2.05, 4.69) is 34.1 Å². The molecule has 0 aromatic heterocycles. The summed E-state index contributed by atoms with van der Waals surface area (Å²) in [5.74, 6) is 0.188. The quantitative estimate of drug-likeness (QED) is 0.701. The van der Waals surface area contributed by atoms with Gasteiger partial charge in [0.05, 0.1) is 6.54 Å². The molecule has 2 aliphatic heterocycles. The maximum atomic E-state index is 12.4. The first-order chi connectivity index (χ1) is 12.7. The van der Waals surface area contributed by atoms with E-state index in [0.29, 0.717) is 32.7 Å². The van der Waals surface area contributed by atoms with Crippen LogP contribution >= 0.6 is 0 Å². The van der Waals surface area contributed by atoms with Crippen LogP contribution in [0.3, 0.4) is 0 Å². The lowest BCUT2D eigenvalue weighted by atomic mass is 10.2. The van der Waals surface area contributed by atoms with Gasteiger partial charge in [-0.15, -0.1) is 0 Å². The van der Waals surface area contributed by atoms with Crippen molar-refractivity contribution in [3.8, 4) is 0 Å². The molecule has 3 rings (SSSR count). The molecule has 0 atom stereocenters. The number of hydrogen-bond donors (Lipinski definition) is 0. The van der Waals surface area contributed by atoms with Crippen molar-refractivity contribution in [3.05, 3.63) is 42.0 Å². The minimum Gasteiger partial charge on any atom is -0.342 e. The standard InChI is InChI=1S/C20H28N4O2/c25-18-23-13-15-24(16-14-23)20(26)17-22-11-9-21(10-12-22)8-4-7-19-5-2-1-3-6-19/h1-7,18H,8-17H2/b7-4+. The molecule has 26 heavy (non-hydrogen) atoms. The maximum Gasteiger partial charge on any atom is 0.236 e. The van der Waals surface area contributed by atoms with E-state index in [1.165, 1.54) is 5.56 Å². The van der Waals surface area contributed by atoms with Gasteiger partial charge in [0.25, 0.3) is 0 Å². The van der Waals surface area contributed by atoms with E-state index >= 15 is 0 Å². The topological polar surface area (TPSA) is 47.1 Å². The van der Waals surface area contributed by atoms with E-state index in [0.717, 1.165) is 39.1 Å². The molecule has 0 radical (unpaired) electrons. The molecule has 6 nitrogen and oxygen atoms in total. The predicted molar refractivity (Wildman–Crippen MR) is 103 cm³/mol. The Labute approximate surface area is 155 Å². The molecule has 2 amide bonds. The van der Waals surface area contributed by atoms with Gasteiger partial charge in [-0.25, -0.2) is 0 Å². The lowest BCUT2D eigenvalue weighted by Gasteiger charge is -2.37. The van der Waals surface area contributed by atoms with Gasteiger partial charge in [0.1, 0.15) is 0 Å². The van der Waals surface area contributed by atoms with Crippen molar-refractivity contribution in [1.29, 1.82) is 0 Å². The van der Waals surface area contributed by atoms with Crippen molar-refractivity contribution >= 4 is 18.4 Å². The highest BCUT2D eigenvalue weighted by Crippen LogP contribution is 2.06. The molecule has 0 saturated carbocycles. The molecule has 2 heterocycles. The minimum absolute atomic E-state index is 0.188. The third kappa shape index (κ3) is 5.41. The Kier molecular flexibility index (Phi) is 6.80. The van der Waals surface area contributed by atoms with Crippen LogP contribution in [0.5, 0.6) is 0 Å². The fourth-order valence-corrected chi connectivity index (χ4v) is 3.40. The molecular formula is C20H28N4O2. The number of amides is 2. The molecule has 1 aromatic rings. The highest BCUT2D eigenvalue weighted by atomic mass is 16.2. The number of benzene rings is 1. The van der Waals surface area contributed by atoms with E-state index in [9.17, 15) is 9.59 Å². The van der Waals surface area contributed by atoms with Gasteiger partial charge < -0.3 is 9.80 Å². The van der Waals surface area contributed by atoms with Crippen molar-refractivity contribution in [1.82, 2.24) is 19.6 Å². The molecule has 0 N–H and O–H groups in total. The first kappa shape index (κ1) is 18.6. The van der Waals surface area contributed by atoms with Crippen LogP contribution in [0.1, 0.15) is 5.56 Å². The molecule has 1 aromatic carbocycles. The number of hydrogen-bond acceptors (Lipinski definition) is 4. The Morgan fingerprint density at radius 2 is 1.54 bits per heavy atom. The van der Waals surface area contributed by atoms with Crippen LogP contribution < -0.4 is 0 Å². The van der Waals surface area contributed by atoms with Crippen LogP contribution in [0.4, 0.5) is 0 Å². The Balaban J connectivity index is 1.35. The third-order valence-electron chi connectivity index (χ3n) is 5.11. The number of carbonyl (C=O) groups is 2. The van der Waals surface area contributed by atoms with Gasteiger partial charge in [-0.2, -0.15) is 0 Å². The molecule has 0 spiro atoms. The van der Waals surface area contributed by atoms with Gasteiger partial charge in [-0.1, -0.05) is 42.5 Å². The summed E-state index contributed by atoms with van der Waals surface area (Å²) in [6.45, 7) is 7.89. The SMILES string of the molecule is O=CN1CCN(C(=O)CN2CCN(C/C=C/c3ccccc3)CC2)CC1. The van der Waals surface area contributed by atoms with Crippen molar-refractivity contribution in [3.63, 3.8) is 0 Å². The largest absolute Gasteiger partial charge is 0.342 e. The Bertz CT molecular complexity index is 603. The Hall–Kier alpha value is -2.18. The van der Waals surface area contributed by atoms with Crippen molar-refractivity contribution < 1.29 is 9.59 Å². The summed E-state index contributed by atoms with van der Waals surface area (Å²) in [5, 5.41) is 0. The molecule has 6 heteroatoms. The summed E-state index contributed by atoms with van der Waals surface area (Å²) in [6.07, 6.45) is 5.24. The predicted octanol–water partition coefficient (Wildman–Crippen LogP) is 0.618. The van der Waals surface area contributed by atoms with Crippen molar-refractivity contribution in [2.24, 2.45) is 0 Å². The summed E-state index contributed by atoms with van der Waals surface area (Å²) in [4.78, 5) is 31.4. The average Bonchev–Trinajstić information content (AvgIpc) is 2.70. The van der Waals surface area contributed by atoms with Crippen LogP contribution in [0.15, 0.2) is 36.4 Å². The zero-order valence-electron chi connectivity index (χ0n) is 15.3. The van der Waals surface area contributed by atoms with Crippen molar-refractivity contribution in [2.45, 2.75) is 0 Å². The average molecular weight is 356 g/mol. The van der Waals surface area contributed by atoms with Gasteiger partial charge in [0.15, 0.2) is 0 Å². The van der Waals surface area contributed by atoms with Crippen molar-refractivity contribution in [2.75, 3.05) is 65.4 Å². The van der Waals surface area contributed by atoms with Crippen LogP contribution in [-0.2, 0) is 9.59 Å².